The number of carboxylic acids is 1. The number of aliphatic carboxylic acids is 1. The third-order valence-electron chi connectivity index (χ3n) is 3.68. The molecule has 1 aromatic heterocycles. The molecule has 0 aliphatic carbocycles. The van der Waals surface area contributed by atoms with Crippen molar-refractivity contribution in [3.05, 3.63) is 47.2 Å². The maximum absolute atomic E-state index is 12.8. The van der Waals surface area contributed by atoms with Gasteiger partial charge in [0.05, 0.1) is 29.5 Å². The van der Waals surface area contributed by atoms with Crippen LogP contribution >= 0.6 is 63.7 Å². The maximum Gasteiger partial charge on any atom is 0.263 e. The van der Waals surface area contributed by atoms with Crippen LogP contribution in [0.2, 0.25) is 0 Å². The number of carbonyl (C=O) groups excluding carboxylic acids is 3. The number of H-pyrrole nitrogens is 1. The second-order valence-electron chi connectivity index (χ2n) is 5.10. The molecule has 2 heterocycles. The highest BCUT2D eigenvalue weighted by molar-refractivity contribution is 9.15. The van der Waals surface area contributed by atoms with Gasteiger partial charge in [0, 0.05) is 36.2 Å². The molecule has 1 atom stereocenters. The third-order valence-corrected chi connectivity index (χ3v) is 8.45. The number of fused-ring (bicyclic) bond motifs is 1. The van der Waals surface area contributed by atoms with E-state index in [1.165, 1.54) is 12.5 Å². The van der Waals surface area contributed by atoms with E-state index in [9.17, 15) is 19.5 Å². The summed E-state index contributed by atoms with van der Waals surface area (Å²) in [5.74, 6) is -2.96. The molecule has 2 amide bonds. The highest BCUT2D eigenvalue weighted by Gasteiger charge is 2.44. The van der Waals surface area contributed by atoms with E-state index in [1.54, 1.807) is 0 Å². The Morgan fingerprint density at radius 2 is 1.60 bits per heavy atom. The second-order valence-corrected chi connectivity index (χ2v) is 8.27. The molecule has 130 valence electrons. The zero-order valence-electron chi connectivity index (χ0n) is 12.0. The number of aromatic nitrogens is 2. The fourth-order valence-electron chi connectivity index (χ4n) is 2.53. The number of nitrogens with one attached hydrogen (secondary N) is 1. The lowest BCUT2D eigenvalue weighted by Crippen LogP contribution is -2.51. The van der Waals surface area contributed by atoms with Crippen LogP contribution in [0.4, 0.5) is 0 Å². The first-order valence-electron chi connectivity index (χ1n) is 6.67. The molecule has 3 rings (SSSR count). The molecule has 1 N–H and O–H groups in total. The Hall–Kier alpha value is -1.04. The summed E-state index contributed by atoms with van der Waals surface area (Å²) in [6.45, 7) is 0. The average Bonchev–Trinajstić information content (AvgIpc) is 3.15. The highest BCUT2D eigenvalue weighted by Crippen LogP contribution is 2.45. The normalized spacial score (nSPS) is 14.8. The molecule has 0 spiro atoms. The summed E-state index contributed by atoms with van der Waals surface area (Å²) in [6.07, 6.45) is 2.67. The van der Waals surface area contributed by atoms with Crippen LogP contribution in [0.15, 0.2) is 30.4 Å². The summed E-state index contributed by atoms with van der Waals surface area (Å²) in [7, 11) is 0. The van der Waals surface area contributed by atoms with Crippen LogP contribution in [-0.4, -0.2) is 38.7 Å². The number of imidazole rings is 1. The van der Waals surface area contributed by atoms with E-state index in [1.807, 2.05) is 0 Å². The van der Waals surface area contributed by atoms with E-state index in [0.29, 0.717) is 28.5 Å². The largest absolute Gasteiger partial charge is 0.548 e. The molecule has 2 aromatic rings. The molecule has 0 radical (unpaired) electrons. The van der Waals surface area contributed by atoms with Gasteiger partial charge in [-0.25, -0.2) is 4.98 Å². The number of halogens is 4. The van der Waals surface area contributed by atoms with Gasteiger partial charge in [-0.05, 0) is 63.7 Å². The third kappa shape index (κ3) is 3.00. The second kappa shape index (κ2) is 6.93. The van der Waals surface area contributed by atoms with Gasteiger partial charge in [0.15, 0.2) is 0 Å². The number of rotatable bonds is 4. The number of nitrogens with zero attached hydrogens (tertiary/aromatic N) is 2. The van der Waals surface area contributed by atoms with Gasteiger partial charge in [0.25, 0.3) is 11.8 Å². The summed E-state index contributed by atoms with van der Waals surface area (Å²) in [5.41, 5.74) is 0.636. The van der Waals surface area contributed by atoms with Crippen molar-refractivity contribution in [2.75, 3.05) is 0 Å². The Balaban J connectivity index is 2.11. The SMILES string of the molecule is O=C([O-])C(Cc1cnc[nH]1)N1C(=O)c2c(Br)c(Br)c(Br)c(Br)c2C1=O. The molecule has 0 saturated carbocycles. The van der Waals surface area contributed by atoms with Gasteiger partial charge in [-0.1, -0.05) is 0 Å². The van der Waals surface area contributed by atoms with Crippen LogP contribution in [0, 0.1) is 0 Å². The van der Waals surface area contributed by atoms with Crippen LogP contribution in [0.5, 0.6) is 0 Å². The smallest absolute Gasteiger partial charge is 0.263 e. The maximum atomic E-state index is 12.8. The number of carbonyl (C=O) groups is 3. The van der Waals surface area contributed by atoms with Crippen LogP contribution in [0.1, 0.15) is 26.4 Å². The molecule has 7 nitrogen and oxygen atoms in total. The van der Waals surface area contributed by atoms with Crippen molar-refractivity contribution in [3.8, 4) is 0 Å². The van der Waals surface area contributed by atoms with Crippen LogP contribution in [0.3, 0.4) is 0 Å². The van der Waals surface area contributed by atoms with Crippen LogP contribution in [-0.2, 0) is 11.2 Å². The van der Waals surface area contributed by atoms with E-state index in [2.05, 4.69) is 73.7 Å². The molecular weight excluding hydrogens is 594 g/mol. The lowest BCUT2D eigenvalue weighted by Gasteiger charge is -2.26. The lowest BCUT2D eigenvalue weighted by atomic mass is 10.1. The van der Waals surface area contributed by atoms with Gasteiger partial charge in [-0.2, -0.15) is 0 Å². The Labute approximate surface area is 174 Å². The Morgan fingerprint density at radius 1 is 1.08 bits per heavy atom. The molecule has 1 aliphatic rings. The molecule has 1 aliphatic heterocycles. The number of aromatic amines is 1. The predicted molar refractivity (Wildman–Crippen MR) is 98.8 cm³/mol. The Kier molecular flexibility index (Phi) is 5.20. The zero-order valence-corrected chi connectivity index (χ0v) is 18.3. The van der Waals surface area contributed by atoms with Crippen molar-refractivity contribution in [3.63, 3.8) is 0 Å². The molecule has 0 fully saturated rings. The zero-order chi connectivity index (χ0) is 18.5. The van der Waals surface area contributed by atoms with Crippen molar-refractivity contribution in [1.29, 1.82) is 0 Å². The number of carboxylic acid groups (broad SMARTS) is 1. The van der Waals surface area contributed by atoms with E-state index in [-0.39, 0.29) is 17.5 Å². The molecule has 25 heavy (non-hydrogen) atoms. The minimum absolute atomic E-state index is 0.0859. The Morgan fingerprint density at radius 3 is 2.00 bits per heavy atom. The van der Waals surface area contributed by atoms with Crippen LogP contribution < -0.4 is 5.11 Å². The highest BCUT2D eigenvalue weighted by atomic mass is 79.9. The summed E-state index contributed by atoms with van der Waals surface area (Å²) in [6, 6.07) is -1.47. The van der Waals surface area contributed by atoms with Crippen LogP contribution in [0.25, 0.3) is 0 Å². The van der Waals surface area contributed by atoms with Gasteiger partial charge in [-0.3, -0.25) is 14.5 Å². The number of benzene rings is 1. The van der Waals surface area contributed by atoms with Gasteiger partial charge >= 0.3 is 0 Å². The quantitative estimate of drug-likeness (QED) is 0.330. The fraction of sp³-hybridized carbons (Fsp3) is 0.143. The summed E-state index contributed by atoms with van der Waals surface area (Å²) >= 11 is 13.2. The first-order valence-corrected chi connectivity index (χ1v) is 9.84. The van der Waals surface area contributed by atoms with Gasteiger partial charge in [0.1, 0.15) is 0 Å². The first-order chi connectivity index (χ1) is 11.8. The standard InChI is InChI=1S/C14H7Br4N3O4/c15-8-6-7(9(16)11(18)10(8)17)13(23)21(12(6)22)5(14(24)25)1-4-2-19-3-20-4/h2-3,5H,1H2,(H,19,20)(H,24,25)/p-1. The minimum Gasteiger partial charge on any atom is -0.548 e. The monoisotopic (exact) mass is 596 g/mol. The van der Waals surface area contributed by atoms with Crippen molar-refractivity contribution in [2.45, 2.75) is 12.5 Å². The lowest BCUT2D eigenvalue weighted by molar-refractivity contribution is -0.310. The van der Waals surface area contributed by atoms with E-state index >= 15 is 0 Å². The van der Waals surface area contributed by atoms with E-state index in [4.69, 9.17) is 0 Å². The fourth-order valence-corrected chi connectivity index (χ4v) is 4.99. The minimum atomic E-state index is -1.53. The van der Waals surface area contributed by atoms with Gasteiger partial charge < -0.3 is 14.9 Å². The molecule has 11 heteroatoms. The number of hydrogen-bond donors (Lipinski definition) is 1. The topological polar surface area (TPSA) is 106 Å². The number of amides is 2. The molecule has 1 unspecified atom stereocenters. The molecular formula is C14H6Br4N3O4-. The van der Waals surface area contributed by atoms with E-state index in [0.717, 1.165) is 0 Å². The summed E-state index contributed by atoms with van der Waals surface area (Å²) in [5, 5.41) is 11.6. The van der Waals surface area contributed by atoms with Crippen molar-refractivity contribution >= 4 is 81.5 Å². The summed E-state index contributed by atoms with van der Waals surface area (Å²) in [4.78, 5) is 44.5. The number of imide groups is 1. The molecule has 1 aromatic carbocycles. The Bertz CT molecular complexity index is 867. The predicted octanol–water partition coefficient (Wildman–Crippen LogP) is 2.42. The molecule has 0 saturated heterocycles. The van der Waals surface area contributed by atoms with E-state index < -0.39 is 23.8 Å². The molecule has 0 bridgehead atoms. The van der Waals surface area contributed by atoms with Crippen molar-refractivity contribution < 1.29 is 19.5 Å². The van der Waals surface area contributed by atoms with Gasteiger partial charge in [-0.15, -0.1) is 0 Å². The van der Waals surface area contributed by atoms with Crippen molar-refractivity contribution in [1.82, 2.24) is 14.9 Å². The first kappa shape index (κ1) is 18.7. The summed E-state index contributed by atoms with van der Waals surface area (Å²) < 4.78 is 1.77. The number of hydrogen-bond acceptors (Lipinski definition) is 5. The van der Waals surface area contributed by atoms with Crippen molar-refractivity contribution in [2.24, 2.45) is 0 Å². The van der Waals surface area contributed by atoms with Gasteiger partial charge in [0.2, 0.25) is 0 Å². The average molecular weight is 600 g/mol.